The second-order valence-electron chi connectivity index (χ2n) is 3.85. The normalized spacial score (nSPS) is 26.2. The van der Waals surface area contributed by atoms with Crippen LogP contribution in [0.5, 0.6) is 0 Å². The van der Waals surface area contributed by atoms with Crippen LogP contribution in [0.25, 0.3) is 0 Å². The van der Waals surface area contributed by atoms with E-state index in [0.717, 1.165) is 24.3 Å². The second-order valence-corrected chi connectivity index (χ2v) is 3.85. The fourth-order valence-electron chi connectivity index (χ4n) is 1.83. The third-order valence-electron chi connectivity index (χ3n) is 2.70. The number of hydrogen-bond acceptors (Lipinski definition) is 2. The van der Waals surface area contributed by atoms with Gasteiger partial charge in [-0.2, -0.15) is 0 Å². The van der Waals surface area contributed by atoms with Crippen molar-refractivity contribution in [3.63, 3.8) is 0 Å². The van der Waals surface area contributed by atoms with Crippen LogP contribution in [0.1, 0.15) is 31.9 Å². The Hall–Kier alpha value is -0.760. The molecule has 2 unspecified atom stereocenters. The first kappa shape index (κ1) is 8.82. The molecule has 1 saturated carbocycles. The van der Waals surface area contributed by atoms with E-state index in [1.54, 1.807) is 6.26 Å². The summed E-state index contributed by atoms with van der Waals surface area (Å²) in [6, 6.07) is 4.71. The Morgan fingerprint density at radius 3 is 3.23 bits per heavy atom. The Bertz CT molecular complexity index is 243. The standard InChI is InChI=1S/C11H17NO/c1-2-4-9-7-11(9)12-8-10-5-3-6-13-10/h3,5-6,9,11-12H,2,4,7-8H2,1H3. The summed E-state index contributed by atoms with van der Waals surface area (Å²) in [7, 11) is 0. The summed E-state index contributed by atoms with van der Waals surface area (Å²) in [6.45, 7) is 3.14. The van der Waals surface area contributed by atoms with E-state index in [1.807, 2.05) is 12.1 Å². The zero-order chi connectivity index (χ0) is 9.10. The van der Waals surface area contributed by atoms with Crippen molar-refractivity contribution in [3.05, 3.63) is 24.2 Å². The third kappa shape index (κ3) is 2.34. The molecule has 0 amide bonds. The minimum absolute atomic E-state index is 0.755. The predicted molar refractivity (Wildman–Crippen MR) is 52.4 cm³/mol. The van der Waals surface area contributed by atoms with Gasteiger partial charge in [0.2, 0.25) is 0 Å². The lowest BCUT2D eigenvalue weighted by atomic mass is 10.2. The van der Waals surface area contributed by atoms with E-state index < -0.39 is 0 Å². The first-order chi connectivity index (χ1) is 6.40. The van der Waals surface area contributed by atoms with E-state index in [-0.39, 0.29) is 0 Å². The molecule has 0 aliphatic heterocycles. The molecule has 0 radical (unpaired) electrons. The van der Waals surface area contributed by atoms with E-state index in [0.29, 0.717) is 0 Å². The molecule has 2 rings (SSSR count). The molecule has 72 valence electrons. The Labute approximate surface area is 79.3 Å². The van der Waals surface area contributed by atoms with Gasteiger partial charge in [-0.05, 0) is 30.9 Å². The molecule has 1 heterocycles. The molecular formula is C11H17NO. The Morgan fingerprint density at radius 1 is 1.62 bits per heavy atom. The largest absolute Gasteiger partial charge is 0.468 e. The van der Waals surface area contributed by atoms with Crippen LogP contribution in [-0.2, 0) is 6.54 Å². The zero-order valence-electron chi connectivity index (χ0n) is 8.12. The van der Waals surface area contributed by atoms with Gasteiger partial charge in [-0.15, -0.1) is 0 Å². The number of rotatable bonds is 5. The van der Waals surface area contributed by atoms with Crippen LogP contribution in [0.3, 0.4) is 0 Å². The smallest absolute Gasteiger partial charge is 0.117 e. The van der Waals surface area contributed by atoms with Crippen molar-refractivity contribution in [1.29, 1.82) is 0 Å². The van der Waals surface area contributed by atoms with Crippen molar-refractivity contribution in [2.75, 3.05) is 0 Å². The van der Waals surface area contributed by atoms with Crippen LogP contribution in [0.15, 0.2) is 22.8 Å². The van der Waals surface area contributed by atoms with Gasteiger partial charge in [0.15, 0.2) is 0 Å². The van der Waals surface area contributed by atoms with Gasteiger partial charge in [0.1, 0.15) is 5.76 Å². The van der Waals surface area contributed by atoms with E-state index >= 15 is 0 Å². The van der Waals surface area contributed by atoms with Gasteiger partial charge in [0.05, 0.1) is 12.8 Å². The highest BCUT2D eigenvalue weighted by Crippen LogP contribution is 2.34. The maximum absolute atomic E-state index is 5.24. The van der Waals surface area contributed by atoms with Crippen LogP contribution in [0, 0.1) is 5.92 Å². The van der Waals surface area contributed by atoms with Crippen LogP contribution in [0.2, 0.25) is 0 Å². The zero-order valence-corrected chi connectivity index (χ0v) is 8.12. The first-order valence-electron chi connectivity index (χ1n) is 5.16. The molecule has 1 aromatic heterocycles. The van der Waals surface area contributed by atoms with Crippen LogP contribution in [-0.4, -0.2) is 6.04 Å². The second kappa shape index (κ2) is 3.97. The van der Waals surface area contributed by atoms with Gasteiger partial charge in [-0.25, -0.2) is 0 Å². The molecule has 13 heavy (non-hydrogen) atoms. The van der Waals surface area contributed by atoms with Crippen LogP contribution >= 0.6 is 0 Å². The maximum Gasteiger partial charge on any atom is 0.117 e. The highest BCUT2D eigenvalue weighted by Gasteiger charge is 2.35. The first-order valence-corrected chi connectivity index (χ1v) is 5.16. The lowest BCUT2D eigenvalue weighted by Crippen LogP contribution is -2.17. The van der Waals surface area contributed by atoms with Gasteiger partial charge in [0, 0.05) is 6.04 Å². The molecule has 1 fully saturated rings. The lowest BCUT2D eigenvalue weighted by molar-refractivity contribution is 0.474. The lowest BCUT2D eigenvalue weighted by Gasteiger charge is -2.00. The molecule has 0 aromatic carbocycles. The van der Waals surface area contributed by atoms with Gasteiger partial charge < -0.3 is 9.73 Å². The average Bonchev–Trinajstić information content (AvgIpc) is 2.66. The number of nitrogens with one attached hydrogen (secondary N) is 1. The molecule has 1 aliphatic carbocycles. The van der Waals surface area contributed by atoms with Crippen molar-refractivity contribution in [2.24, 2.45) is 5.92 Å². The van der Waals surface area contributed by atoms with Crippen LogP contribution in [0.4, 0.5) is 0 Å². The van der Waals surface area contributed by atoms with Gasteiger partial charge in [-0.3, -0.25) is 0 Å². The highest BCUT2D eigenvalue weighted by molar-refractivity contribution is 5.00. The quantitative estimate of drug-likeness (QED) is 0.751. The van der Waals surface area contributed by atoms with Crippen molar-refractivity contribution in [1.82, 2.24) is 5.32 Å². The number of hydrogen-bond donors (Lipinski definition) is 1. The summed E-state index contributed by atoms with van der Waals surface area (Å²) in [5, 5.41) is 3.50. The Morgan fingerprint density at radius 2 is 2.54 bits per heavy atom. The molecule has 0 saturated heterocycles. The topological polar surface area (TPSA) is 25.2 Å². The minimum Gasteiger partial charge on any atom is -0.468 e. The summed E-state index contributed by atoms with van der Waals surface area (Å²) in [5.74, 6) is 1.97. The fraction of sp³-hybridized carbons (Fsp3) is 0.636. The Kier molecular flexibility index (Phi) is 2.69. The number of furan rings is 1. The van der Waals surface area contributed by atoms with Gasteiger partial charge in [0.25, 0.3) is 0 Å². The molecule has 2 heteroatoms. The maximum atomic E-state index is 5.24. The fourth-order valence-corrected chi connectivity index (χ4v) is 1.83. The monoisotopic (exact) mass is 179 g/mol. The molecule has 1 aromatic rings. The van der Waals surface area contributed by atoms with Gasteiger partial charge in [-0.1, -0.05) is 13.3 Å². The third-order valence-corrected chi connectivity index (χ3v) is 2.70. The van der Waals surface area contributed by atoms with E-state index in [9.17, 15) is 0 Å². The van der Waals surface area contributed by atoms with Crippen LogP contribution < -0.4 is 5.32 Å². The predicted octanol–water partition coefficient (Wildman–Crippen LogP) is 2.56. The van der Waals surface area contributed by atoms with Crippen molar-refractivity contribution in [2.45, 2.75) is 38.8 Å². The molecule has 2 atom stereocenters. The summed E-state index contributed by atoms with van der Waals surface area (Å²) >= 11 is 0. The minimum atomic E-state index is 0.755. The molecule has 0 bridgehead atoms. The molecule has 0 spiro atoms. The summed E-state index contributed by atoms with van der Waals surface area (Å²) in [5.41, 5.74) is 0. The van der Waals surface area contributed by atoms with E-state index in [4.69, 9.17) is 4.42 Å². The highest BCUT2D eigenvalue weighted by atomic mass is 16.3. The summed E-state index contributed by atoms with van der Waals surface area (Å²) in [6.07, 6.45) is 5.77. The van der Waals surface area contributed by atoms with Gasteiger partial charge >= 0.3 is 0 Å². The molecule has 1 aliphatic rings. The van der Waals surface area contributed by atoms with Crippen molar-refractivity contribution in [3.8, 4) is 0 Å². The summed E-state index contributed by atoms with van der Waals surface area (Å²) in [4.78, 5) is 0. The molecule has 1 N–H and O–H groups in total. The van der Waals surface area contributed by atoms with Crippen molar-refractivity contribution >= 4 is 0 Å². The SMILES string of the molecule is CCCC1CC1NCc1ccco1. The van der Waals surface area contributed by atoms with E-state index in [1.165, 1.54) is 19.3 Å². The molecule has 2 nitrogen and oxygen atoms in total. The van der Waals surface area contributed by atoms with E-state index in [2.05, 4.69) is 12.2 Å². The summed E-state index contributed by atoms with van der Waals surface area (Å²) < 4.78 is 5.24. The van der Waals surface area contributed by atoms with Crippen molar-refractivity contribution < 1.29 is 4.42 Å². The average molecular weight is 179 g/mol. The molecular weight excluding hydrogens is 162 g/mol. The Balaban J connectivity index is 1.65.